The molecule has 0 saturated heterocycles. The molecule has 20 heavy (non-hydrogen) atoms. The highest BCUT2D eigenvalue weighted by Crippen LogP contribution is 2.34. The van der Waals surface area contributed by atoms with Gasteiger partial charge >= 0.3 is 0 Å². The van der Waals surface area contributed by atoms with E-state index in [1.165, 1.54) is 24.3 Å². The fourth-order valence-electron chi connectivity index (χ4n) is 1.97. The summed E-state index contributed by atoms with van der Waals surface area (Å²) in [6.07, 6.45) is 0.124. The third kappa shape index (κ3) is 3.08. The number of rotatable bonds is 4. The van der Waals surface area contributed by atoms with Gasteiger partial charge in [0.05, 0.1) is 10.3 Å². The summed E-state index contributed by atoms with van der Waals surface area (Å²) in [5.41, 5.74) is 0.566. The zero-order chi connectivity index (χ0) is 14.7. The first-order valence-corrected chi connectivity index (χ1v) is 6.62. The van der Waals surface area contributed by atoms with Crippen molar-refractivity contribution in [1.29, 1.82) is 0 Å². The number of nitro benzene ring substituents is 1. The zero-order valence-corrected chi connectivity index (χ0v) is 11.7. The topological polar surface area (TPSA) is 43.1 Å². The van der Waals surface area contributed by atoms with E-state index in [1.54, 1.807) is 18.2 Å². The van der Waals surface area contributed by atoms with E-state index in [-0.39, 0.29) is 22.7 Å². The highest BCUT2D eigenvalue weighted by Gasteiger charge is 2.21. The van der Waals surface area contributed by atoms with Gasteiger partial charge in [0.15, 0.2) is 0 Å². The van der Waals surface area contributed by atoms with Crippen LogP contribution in [0.25, 0.3) is 0 Å². The van der Waals surface area contributed by atoms with E-state index in [0.717, 1.165) is 0 Å². The molecule has 0 bridgehead atoms. The Morgan fingerprint density at radius 1 is 1.20 bits per heavy atom. The largest absolute Gasteiger partial charge is 0.272 e. The molecule has 0 heterocycles. The van der Waals surface area contributed by atoms with E-state index < -0.39 is 16.1 Å². The number of hydrogen-bond donors (Lipinski definition) is 0. The van der Waals surface area contributed by atoms with Gasteiger partial charge in [0, 0.05) is 22.2 Å². The molecule has 0 N–H and O–H groups in total. The van der Waals surface area contributed by atoms with Crippen molar-refractivity contribution in [1.82, 2.24) is 0 Å². The van der Waals surface area contributed by atoms with Crippen LogP contribution in [-0.2, 0) is 6.42 Å². The van der Waals surface area contributed by atoms with Crippen LogP contribution in [0.4, 0.5) is 10.1 Å². The van der Waals surface area contributed by atoms with Crippen molar-refractivity contribution in [2.45, 2.75) is 11.8 Å². The zero-order valence-electron chi connectivity index (χ0n) is 10.2. The molecular formula is C14H10Cl2FNO2. The van der Waals surface area contributed by atoms with Crippen molar-refractivity contribution in [3.63, 3.8) is 0 Å². The predicted molar refractivity (Wildman–Crippen MR) is 76.8 cm³/mol. The first-order chi connectivity index (χ1) is 9.50. The average Bonchev–Trinajstić information content (AvgIpc) is 2.38. The van der Waals surface area contributed by atoms with Gasteiger partial charge in [-0.2, -0.15) is 0 Å². The van der Waals surface area contributed by atoms with E-state index in [9.17, 15) is 14.5 Å². The lowest BCUT2D eigenvalue weighted by atomic mass is 10.0. The van der Waals surface area contributed by atoms with Crippen molar-refractivity contribution in [2.75, 3.05) is 0 Å². The van der Waals surface area contributed by atoms with E-state index >= 15 is 0 Å². The lowest BCUT2D eigenvalue weighted by Crippen LogP contribution is -2.03. The van der Waals surface area contributed by atoms with Crippen LogP contribution in [0.2, 0.25) is 5.02 Å². The minimum Gasteiger partial charge on any atom is -0.258 e. The molecule has 0 spiro atoms. The molecule has 3 nitrogen and oxygen atoms in total. The van der Waals surface area contributed by atoms with E-state index in [4.69, 9.17) is 23.2 Å². The molecule has 2 aromatic rings. The second kappa shape index (κ2) is 6.20. The molecule has 2 rings (SSSR count). The summed E-state index contributed by atoms with van der Waals surface area (Å²) in [4.78, 5) is 10.5. The van der Waals surface area contributed by atoms with Gasteiger partial charge in [-0.25, -0.2) is 4.39 Å². The second-order valence-electron chi connectivity index (χ2n) is 4.19. The number of nitrogens with zero attached hydrogens (tertiary/aromatic N) is 1. The monoisotopic (exact) mass is 313 g/mol. The highest BCUT2D eigenvalue weighted by molar-refractivity contribution is 6.32. The maximum atomic E-state index is 13.8. The van der Waals surface area contributed by atoms with Crippen LogP contribution >= 0.6 is 23.2 Å². The molecule has 1 unspecified atom stereocenters. The molecule has 0 saturated carbocycles. The van der Waals surface area contributed by atoms with E-state index in [2.05, 4.69) is 0 Å². The predicted octanol–water partition coefficient (Wildman–Crippen LogP) is 4.91. The Hall–Kier alpha value is -1.65. The lowest BCUT2D eigenvalue weighted by molar-refractivity contribution is -0.385. The van der Waals surface area contributed by atoms with Gasteiger partial charge in [-0.3, -0.25) is 10.1 Å². The smallest absolute Gasteiger partial charge is 0.258 e. The van der Waals surface area contributed by atoms with Gasteiger partial charge in [-0.15, -0.1) is 11.6 Å². The Labute approximate surface area is 125 Å². The fraction of sp³-hybridized carbons (Fsp3) is 0.143. The molecule has 1 atom stereocenters. The second-order valence-corrected chi connectivity index (χ2v) is 5.13. The highest BCUT2D eigenvalue weighted by atomic mass is 35.5. The maximum Gasteiger partial charge on any atom is 0.272 e. The number of benzene rings is 2. The Kier molecular flexibility index (Phi) is 4.57. The maximum absolute atomic E-state index is 13.8. The minimum absolute atomic E-state index is 0.0365. The van der Waals surface area contributed by atoms with Gasteiger partial charge in [-0.05, 0) is 18.6 Å². The fourth-order valence-corrected chi connectivity index (χ4v) is 2.71. The summed E-state index contributed by atoms with van der Waals surface area (Å²) in [5, 5.41) is 10.4. The van der Waals surface area contributed by atoms with Crippen LogP contribution in [0, 0.1) is 15.9 Å². The van der Waals surface area contributed by atoms with Crippen molar-refractivity contribution in [2.24, 2.45) is 0 Å². The summed E-state index contributed by atoms with van der Waals surface area (Å²) in [6, 6.07) is 10.5. The Morgan fingerprint density at radius 3 is 2.55 bits per heavy atom. The van der Waals surface area contributed by atoms with Crippen molar-refractivity contribution in [3.8, 4) is 0 Å². The van der Waals surface area contributed by atoms with Gasteiger partial charge in [0.25, 0.3) is 5.69 Å². The third-order valence-corrected chi connectivity index (χ3v) is 3.60. The van der Waals surface area contributed by atoms with Crippen molar-refractivity contribution in [3.05, 3.63) is 74.5 Å². The minimum atomic E-state index is -0.773. The molecule has 0 aliphatic heterocycles. The third-order valence-electron chi connectivity index (χ3n) is 2.90. The van der Waals surface area contributed by atoms with Crippen LogP contribution in [0.15, 0.2) is 42.5 Å². The van der Waals surface area contributed by atoms with Gasteiger partial charge in [0.2, 0.25) is 0 Å². The molecule has 6 heteroatoms. The number of alkyl halides is 1. The molecule has 0 fully saturated rings. The number of halogens is 3. The lowest BCUT2D eigenvalue weighted by Gasteiger charge is -2.12. The molecule has 0 aliphatic carbocycles. The standard InChI is InChI=1S/C14H10Cl2FNO2/c15-10-5-3-6-12(17)14(10)11(16)8-9-4-1-2-7-13(9)18(19)20/h1-7,11H,8H2. The molecule has 0 aliphatic rings. The normalized spacial score (nSPS) is 12.2. The summed E-state index contributed by atoms with van der Waals surface area (Å²) >= 11 is 12.1. The van der Waals surface area contributed by atoms with Crippen molar-refractivity contribution < 1.29 is 9.31 Å². The van der Waals surface area contributed by atoms with E-state index in [1.807, 2.05) is 0 Å². The summed E-state index contributed by atoms with van der Waals surface area (Å²) in [6.45, 7) is 0. The van der Waals surface area contributed by atoms with Crippen LogP contribution in [0.3, 0.4) is 0 Å². The molecule has 104 valence electrons. The van der Waals surface area contributed by atoms with Crippen LogP contribution < -0.4 is 0 Å². The quantitative estimate of drug-likeness (QED) is 0.457. The summed E-state index contributed by atoms with van der Waals surface area (Å²) in [5.74, 6) is -0.518. The van der Waals surface area contributed by atoms with Gasteiger partial charge in [0.1, 0.15) is 5.82 Å². The molecule has 0 radical (unpaired) electrons. The van der Waals surface area contributed by atoms with Gasteiger partial charge in [-0.1, -0.05) is 35.9 Å². The molecule has 0 aromatic heterocycles. The molecule has 2 aromatic carbocycles. The Bertz CT molecular complexity index is 629. The number of hydrogen-bond acceptors (Lipinski definition) is 2. The first-order valence-electron chi connectivity index (χ1n) is 5.81. The first kappa shape index (κ1) is 14.8. The SMILES string of the molecule is O=[N+]([O-])c1ccccc1CC(Cl)c1c(F)cccc1Cl. The number of nitro groups is 1. The van der Waals surface area contributed by atoms with Gasteiger partial charge < -0.3 is 0 Å². The molecular weight excluding hydrogens is 304 g/mol. The Balaban J connectivity index is 2.33. The summed E-state index contributed by atoms with van der Waals surface area (Å²) in [7, 11) is 0. The Morgan fingerprint density at radius 2 is 1.90 bits per heavy atom. The average molecular weight is 314 g/mol. The van der Waals surface area contributed by atoms with Crippen LogP contribution in [-0.4, -0.2) is 4.92 Å². The molecule has 0 amide bonds. The van der Waals surface area contributed by atoms with Crippen LogP contribution in [0.5, 0.6) is 0 Å². The van der Waals surface area contributed by atoms with E-state index in [0.29, 0.717) is 5.56 Å². The van der Waals surface area contributed by atoms with Crippen molar-refractivity contribution >= 4 is 28.9 Å². The summed E-state index contributed by atoms with van der Waals surface area (Å²) < 4.78 is 13.8. The van der Waals surface area contributed by atoms with Crippen LogP contribution in [0.1, 0.15) is 16.5 Å². The number of para-hydroxylation sites is 1.